The number of hydrogen-bond acceptors (Lipinski definition) is 2. The number of rotatable bonds is 3. The maximum absolute atomic E-state index is 4.52. The summed E-state index contributed by atoms with van der Waals surface area (Å²) in [4.78, 5) is 4.52. The summed E-state index contributed by atoms with van der Waals surface area (Å²) in [6.45, 7) is 0. The Morgan fingerprint density at radius 2 is 2.12 bits per heavy atom. The maximum atomic E-state index is 4.52. The quantitative estimate of drug-likeness (QED) is 0.846. The Labute approximate surface area is 95.7 Å². The van der Waals surface area contributed by atoms with Crippen LogP contribution >= 0.6 is 0 Å². The van der Waals surface area contributed by atoms with Gasteiger partial charge >= 0.3 is 0 Å². The Hall–Kier alpha value is -1.41. The Morgan fingerprint density at radius 1 is 1.31 bits per heavy atom. The molecule has 16 heavy (non-hydrogen) atoms. The van der Waals surface area contributed by atoms with Crippen molar-refractivity contribution in [2.45, 2.75) is 18.9 Å². The zero-order valence-electron chi connectivity index (χ0n) is 9.48. The number of nitrogens with zero attached hydrogens (tertiary/aromatic N) is 1. The fourth-order valence-corrected chi connectivity index (χ4v) is 2.36. The molecule has 2 aromatic rings. The topological polar surface area (TPSA) is 24.9 Å². The molecule has 1 fully saturated rings. The summed E-state index contributed by atoms with van der Waals surface area (Å²) in [5.41, 5.74) is 2.40. The molecule has 1 aliphatic rings. The Balaban J connectivity index is 2.03. The first-order valence-electron chi connectivity index (χ1n) is 5.90. The monoisotopic (exact) mass is 212 g/mol. The summed E-state index contributed by atoms with van der Waals surface area (Å²) in [7, 11) is 2.04. The van der Waals surface area contributed by atoms with Crippen molar-refractivity contribution in [3.8, 4) is 0 Å². The van der Waals surface area contributed by atoms with Crippen LogP contribution in [-0.2, 0) is 0 Å². The highest BCUT2D eigenvalue weighted by atomic mass is 14.9. The molecule has 0 spiro atoms. The molecule has 82 valence electrons. The maximum Gasteiger partial charge on any atom is 0.0702 e. The van der Waals surface area contributed by atoms with Gasteiger partial charge in [0.1, 0.15) is 0 Å². The molecule has 0 bridgehead atoms. The Morgan fingerprint density at radius 3 is 2.88 bits per heavy atom. The average molecular weight is 212 g/mol. The van der Waals surface area contributed by atoms with E-state index in [1.165, 1.54) is 23.8 Å². The van der Waals surface area contributed by atoms with Crippen LogP contribution in [0.4, 0.5) is 0 Å². The summed E-state index contributed by atoms with van der Waals surface area (Å²) >= 11 is 0. The molecule has 1 atom stereocenters. The molecule has 1 heterocycles. The number of benzene rings is 1. The van der Waals surface area contributed by atoms with E-state index in [0.717, 1.165) is 11.4 Å². The molecular formula is C14H16N2. The van der Waals surface area contributed by atoms with Crippen LogP contribution in [0.1, 0.15) is 24.4 Å². The lowest BCUT2D eigenvalue weighted by molar-refractivity contribution is 0.528. The minimum Gasteiger partial charge on any atom is -0.313 e. The molecule has 1 aromatic heterocycles. The molecule has 1 aliphatic carbocycles. The molecule has 0 saturated heterocycles. The van der Waals surface area contributed by atoms with Gasteiger partial charge in [-0.25, -0.2) is 0 Å². The van der Waals surface area contributed by atoms with Gasteiger partial charge in [0.15, 0.2) is 0 Å². The predicted octanol–water partition coefficient (Wildman–Crippen LogP) is 2.91. The lowest BCUT2D eigenvalue weighted by Crippen LogP contribution is -2.18. The second-order valence-electron chi connectivity index (χ2n) is 4.57. The molecule has 0 aliphatic heterocycles. The summed E-state index contributed by atoms with van der Waals surface area (Å²) in [6.07, 6.45) is 4.71. The highest BCUT2D eigenvalue weighted by Gasteiger charge is 2.31. The highest BCUT2D eigenvalue weighted by molar-refractivity contribution is 5.78. The molecule has 1 unspecified atom stereocenters. The number of hydrogen-bond donors (Lipinski definition) is 1. The van der Waals surface area contributed by atoms with Crippen LogP contribution in [0.5, 0.6) is 0 Å². The first-order valence-corrected chi connectivity index (χ1v) is 5.90. The predicted molar refractivity (Wildman–Crippen MR) is 66.3 cm³/mol. The average Bonchev–Trinajstić information content (AvgIpc) is 3.14. The molecule has 1 N–H and O–H groups in total. The molecule has 2 nitrogen and oxygen atoms in total. The summed E-state index contributed by atoms with van der Waals surface area (Å²) in [5.74, 6) is 0.813. The lowest BCUT2D eigenvalue weighted by atomic mass is 10.0. The van der Waals surface area contributed by atoms with Gasteiger partial charge in [-0.2, -0.15) is 0 Å². The summed E-state index contributed by atoms with van der Waals surface area (Å²) < 4.78 is 0. The van der Waals surface area contributed by atoms with Crippen LogP contribution in [0.3, 0.4) is 0 Å². The van der Waals surface area contributed by atoms with E-state index in [1.54, 1.807) is 0 Å². The van der Waals surface area contributed by atoms with Crippen molar-refractivity contribution in [1.29, 1.82) is 0 Å². The van der Waals surface area contributed by atoms with E-state index in [9.17, 15) is 0 Å². The number of nitrogens with one attached hydrogen (secondary N) is 1. The van der Waals surface area contributed by atoms with E-state index >= 15 is 0 Å². The third kappa shape index (κ3) is 1.69. The Kier molecular flexibility index (Phi) is 2.37. The minimum atomic E-state index is 0.483. The standard InChI is InChI=1S/C14H16N2/c1-15-14(10-6-7-10)12-8-11-4-2-3-5-13(11)16-9-12/h2-5,8-10,14-15H,6-7H2,1H3. The molecule has 1 aromatic carbocycles. The SMILES string of the molecule is CNC(c1cnc2ccccc2c1)C1CC1. The smallest absolute Gasteiger partial charge is 0.0702 e. The van der Waals surface area contributed by atoms with Gasteiger partial charge in [-0.05, 0) is 43.5 Å². The largest absolute Gasteiger partial charge is 0.313 e. The van der Waals surface area contributed by atoms with Gasteiger partial charge in [0, 0.05) is 17.6 Å². The van der Waals surface area contributed by atoms with Crippen molar-refractivity contribution in [3.05, 3.63) is 42.1 Å². The van der Waals surface area contributed by atoms with E-state index in [1.807, 2.05) is 19.3 Å². The zero-order valence-corrected chi connectivity index (χ0v) is 9.48. The zero-order chi connectivity index (χ0) is 11.0. The van der Waals surface area contributed by atoms with Gasteiger partial charge < -0.3 is 5.32 Å². The van der Waals surface area contributed by atoms with E-state index in [-0.39, 0.29) is 0 Å². The van der Waals surface area contributed by atoms with Gasteiger partial charge in [0.05, 0.1) is 5.52 Å². The first kappa shape index (κ1) is 9.79. The van der Waals surface area contributed by atoms with Crippen LogP contribution in [-0.4, -0.2) is 12.0 Å². The van der Waals surface area contributed by atoms with Crippen LogP contribution in [0, 0.1) is 5.92 Å². The second-order valence-corrected chi connectivity index (χ2v) is 4.57. The highest BCUT2D eigenvalue weighted by Crippen LogP contribution is 2.40. The molecule has 1 saturated carbocycles. The molecule has 2 heteroatoms. The third-order valence-electron chi connectivity index (χ3n) is 3.38. The summed E-state index contributed by atoms with van der Waals surface area (Å²) in [5, 5.41) is 4.64. The minimum absolute atomic E-state index is 0.483. The van der Waals surface area contributed by atoms with Gasteiger partial charge in [-0.1, -0.05) is 18.2 Å². The summed E-state index contributed by atoms with van der Waals surface area (Å²) in [6, 6.07) is 11.0. The molecule has 0 radical (unpaired) electrons. The van der Waals surface area contributed by atoms with Crippen LogP contribution in [0.25, 0.3) is 10.9 Å². The van der Waals surface area contributed by atoms with Gasteiger partial charge in [-0.3, -0.25) is 4.98 Å². The molecule has 3 rings (SSSR count). The Bertz CT molecular complexity index is 503. The van der Waals surface area contributed by atoms with E-state index < -0.39 is 0 Å². The number of fused-ring (bicyclic) bond motifs is 1. The van der Waals surface area contributed by atoms with Crippen molar-refractivity contribution < 1.29 is 0 Å². The molecule has 0 amide bonds. The van der Waals surface area contributed by atoms with Crippen LogP contribution in [0.15, 0.2) is 36.5 Å². The normalized spacial score (nSPS) is 17.6. The first-order chi connectivity index (χ1) is 7.88. The van der Waals surface area contributed by atoms with E-state index in [0.29, 0.717) is 6.04 Å². The van der Waals surface area contributed by atoms with E-state index in [4.69, 9.17) is 0 Å². The van der Waals surface area contributed by atoms with Crippen molar-refractivity contribution >= 4 is 10.9 Å². The van der Waals surface area contributed by atoms with Crippen molar-refractivity contribution in [3.63, 3.8) is 0 Å². The van der Waals surface area contributed by atoms with Crippen molar-refractivity contribution in [1.82, 2.24) is 10.3 Å². The lowest BCUT2D eigenvalue weighted by Gasteiger charge is -2.15. The molecular weight excluding hydrogens is 196 g/mol. The number of aromatic nitrogens is 1. The third-order valence-corrected chi connectivity index (χ3v) is 3.38. The van der Waals surface area contributed by atoms with Gasteiger partial charge in [-0.15, -0.1) is 0 Å². The van der Waals surface area contributed by atoms with Gasteiger partial charge in [0.2, 0.25) is 0 Å². The fourth-order valence-electron chi connectivity index (χ4n) is 2.36. The number of pyridine rings is 1. The van der Waals surface area contributed by atoms with Gasteiger partial charge in [0.25, 0.3) is 0 Å². The number of para-hydroxylation sites is 1. The van der Waals surface area contributed by atoms with Crippen molar-refractivity contribution in [2.75, 3.05) is 7.05 Å². The van der Waals surface area contributed by atoms with Crippen LogP contribution in [0.2, 0.25) is 0 Å². The van der Waals surface area contributed by atoms with Crippen LogP contribution < -0.4 is 5.32 Å². The fraction of sp³-hybridized carbons (Fsp3) is 0.357. The van der Waals surface area contributed by atoms with E-state index in [2.05, 4.69) is 34.6 Å². The van der Waals surface area contributed by atoms with Crippen molar-refractivity contribution in [2.24, 2.45) is 5.92 Å². The second kappa shape index (κ2) is 3.87.